The highest BCUT2D eigenvalue weighted by Gasteiger charge is 2.30. The molecule has 1 heterocycles. The van der Waals surface area contributed by atoms with Crippen molar-refractivity contribution in [3.8, 4) is 0 Å². The van der Waals surface area contributed by atoms with Crippen molar-refractivity contribution in [1.82, 2.24) is 0 Å². The quantitative estimate of drug-likeness (QED) is 0.913. The first-order valence-electron chi connectivity index (χ1n) is 6.01. The Balaban J connectivity index is 2.28. The van der Waals surface area contributed by atoms with Gasteiger partial charge in [-0.25, -0.2) is 8.42 Å². The lowest BCUT2D eigenvalue weighted by atomic mass is 10.2. The van der Waals surface area contributed by atoms with Gasteiger partial charge in [-0.15, -0.1) is 11.3 Å². The number of thiophene rings is 1. The first-order chi connectivity index (χ1) is 9.72. The number of alkyl halides is 3. The van der Waals surface area contributed by atoms with Crippen molar-refractivity contribution in [3.63, 3.8) is 0 Å². The lowest BCUT2D eigenvalue weighted by Crippen LogP contribution is -2.12. The van der Waals surface area contributed by atoms with Crippen molar-refractivity contribution in [2.45, 2.75) is 23.7 Å². The first kappa shape index (κ1) is 15.8. The number of benzene rings is 1. The summed E-state index contributed by atoms with van der Waals surface area (Å²) in [5.74, 6) is 0. The van der Waals surface area contributed by atoms with Crippen LogP contribution in [0.25, 0.3) is 0 Å². The summed E-state index contributed by atoms with van der Waals surface area (Å²) < 4.78 is 64.3. The van der Waals surface area contributed by atoms with Crippen molar-refractivity contribution in [1.29, 1.82) is 0 Å². The molecule has 3 nitrogen and oxygen atoms in total. The highest BCUT2D eigenvalue weighted by atomic mass is 32.2. The predicted molar refractivity (Wildman–Crippen MR) is 75.9 cm³/mol. The summed E-state index contributed by atoms with van der Waals surface area (Å²) in [7, 11) is -3.86. The van der Waals surface area contributed by atoms with Crippen LogP contribution in [0.2, 0.25) is 0 Å². The van der Waals surface area contributed by atoms with E-state index < -0.39 is 21.8 Å². The first-order valence-corrected chi connectivity index (χ1v) is 8.31. The third kappa shape index (κ3) is 3.76. The normalized spacial score (nSPS) is 12.4. The number of sulfonamides is 1. The number of halogens is 3. The molecule has 21 heavy (non-hydrogen) atoms. The maximum Gasteiger partial charge on any atom is 0.416 e. The summed E-state index contributed by atoms with van der Waals surface area (Å²) in [5.41, 5.74) is -1.01. The smallest absolute Gasteiger partial charge is 0.279 e. The average Bonchev–Trinajstić information content (AvgIpc) is 2.87. The molecule has 0 aliphatic rings. The molecule has 0 spiro atoms. The van der Waals surface area contributed by atoms with E-state index >= 15 is 0 Å². The van der Waals surface area contributed by atoms with Gasteiger partial charge in [0.1, 0.15) is 4.21 Å². The van der Waals surface area contributed by atoms with Gasteiger partial charge in [0, 0.05) is 10.6 Å². The maximum atomic E-state index is 12.6. The van der Waals surface area contributed by atoms with Crippen LogP contribution in [-0.2, 0) is 22.6 Å². The number of anilines is 1. The Morgan fingerprint density at radius 3 is 2.48 bits per heavy atom. The summed E-state index contributed by atoms with van der Waals surface area (Å²) in [6.45, 7) is 1.89. The van der Waals surface area contributed by atoms with Gasteiger partial charge < -0.3 is 0 Å². The number of nitrogens with one attached hydrogen (secondary N) is 1. The molecule has 1 aromatic heterocycles. The summed E-state index contributed by atoms with van der Waals surface area (Å²) in [5, 5.41) is 0. The number of hydrogen-bond donors (Lipinski definition) is 1. The summed E-state index contributed by atoms with van der Waals surface area (Å²) in [6, 6.07) is 7.22. The fraction of sp³-hybridized carbons (Fsp3) is 0.231. The Labute approximate surface area is 124 Å². The number of aryl methyl sites for hydroxylation is 1. The molecule has 0 aliphatic heterocycles. The minimum absolute atomic E-state index is 0.0803. The molecule has 114 valence electrons. The predicted octanol–water partition coefficient (Wildman–Crippen LogP) is 4.13. The van der Waals surface area contributed by atoms with E-state index in [2.05, 4.69) is 4.72 Å². The van der Waals surface area contributed by atoms with E-state index in [1.807, 2.05) is 6.92 Å². The number of hydrogen-bond acceptors (Lipinski definition) is 3. The molecule has 0 unspecified atom stereocenters. The Morgan fingerprint density at radius 1 is 1.19 bits per heavy atom. The van der Waals surface area contributed by atoms with Gasteiger partial charge in [-0.3, -0.25) is 4.72 Å². The van der Waals surface area contributed by atoms with E-state index in [-0.39, 0.29) is 9.90 Å². The number of rotatable bonds is 4. The fourth-order valence-corrected chi connectivity index (χ4v) is 4.00. The van der Waals surface area contributed by atoms with Gasteiger partial charge in [0.15, 0.2) is 0 Å². The van der Waals surface area contributed by atoms with Crippen LogP contribution < -0.4 is 4.72 Å². The van der Waals surface area contributed by atoms with E-state index in [0.717, 1.165) is 34.4 Å². The van der Waals surface area contributed by atoms with Gasteiger partial charge in [0.05, 0.1) is 5.56 Å². The van der Waals surface area contributed by atoms with Crippen molar-refractivity contribution in [3.05, 3.63) is 46.8 Å². The van der Waals surface area contributed by atoms with Crippen molar-refractivity contribution in [2.24, 2.45) is 0 Å². The summed E-state index contributed by atoms with van der Waals surface area (Å²) in [6.07, 6.45) is -3.82. The van der Waals surface area contributed by atoms with E-state index in [9.17, 15) is 21.6 Å². The molecular formula is C13H12F3NO2S2. The van der Waals surface area contributed by atoms with Gasteiger partial charge in [-0.1, -0.05) is 13.0 Å². The second-order valence-corrected chi connectivity index (χ2v) is 7.34. The van der Waals surface area contributed by atoms with Crippen LogP contribution in [0.15, 0.2) is 40.6 Å². The van der Waals surface area contributed by atoms with E-state index in [4.69, 9.17) is 0 Å². The topological polar surface area (TPSA) is 46.2 Å². The van der Waals surface area contributed by atoms with Crippen molar-refractivity contribution < 1.29 is 21.6 Å². The maximum absolute atomic E-state index is 12.6. The second kappa shape index (κ2) is 5.69. The third-order valence-corrected chi connectivity index (χ3v) is 5.80. The van der Waals surface area contributed by atoms with Crippen LogP contribution in [0.1, 0.15) is 17.4 Å². The summed E-state index contributed by atoms with van der Waals surface area (Å²) >= 11 is 1.10. The zero-order valence-corrected chi connectivity index (χ0v) is 12.6. The van der Waals surface area contributed by atoms with E-state index in [1.165, 1.54) is 12.1 Å². The molecule has 0 fully saturated rings. The molecular weight excluding hydrogens is 323 g/mol. The van der Waals surface area contributed by atoms with Crippen LogP contribution in [0, 0.1) is 0 Å². The second-order valence-electron chi connectivity index (χ2n) is 4.26. The van der Waals surface area contributed by atoms with E-state index in [0.29, 0.717) is 6.42 Å². The van der Waals surface area contributed by atoms with Crippen molar-refractivity contribution >= 4 is 27.0 Å². The van der Waals surface area contributed by atoms with E-state index in [1.54, 1.807) is 6.07 Å². The van der Waals surface area contributed by atoms with Gasteiger partial charge in [0.25, 0.3) is 10.0 Å². The molecule has 0 amide bonds. The molecule has 0 aliphatic carbocycles. The van der Waals surface area contributed by atoms with Crippen LogP contribution in [0.4, 0.5) is 18.9 Å². The standard InChI is InChI=1S/C13H12F3NO2S2/c1-2-11-6-7-12(20-11)21(18,19)17-10-5-3-4-9(8-10)13(14,15)16/h3-8,17H,2H2,1H3. The van der Waals surface area contributed by atoms with Crippen LogP contribution >= 0.6 is 11.3 Å². The largest absolute Gasteiger partial charge is 0.416 e. The molecule has 8 heteroatoms. The molecule has 0 saturated heterocycles. The molecule has 0 radical (unpaired) electrons. The Bertz CT molecular complexity index is 736. The van der Waals surface area contributed by atoms with Crippen LogP contribution in [-0.4, -0.2) is 8.42 Å². The highest BCUT2D eigenvalue weighted by molar-refractivity contribution is 7.94. The third-order valence-electron chi connectivity index (χ3n) is 2.69. The average molecular weight is 335 g/mol. The van der Waals surface area contributed by atoms with Gasteiger partial charge in [-0.2, -0.15) is 13.2 Å². The molecule has 0 bridgehead atoms. The minimum atomic E-state index is -4.51. The lowest BCUT2D eigenvalue weighted by Gasteiger charge is -2.10. The summed E-state index contributed by atoms with van der Waals surface area (Å²) in [4.78, 5) is 0.888. The van der Waals surface area contributed by atoms with Gasteiger partial charge in [-0.05, 0) is 36.8 Å². The molecule has 2 aromatic rings. The Hall–Kier alpha value is -1.54. The molecule has 2 rings (SSSR count). The van der Waals surface area contributed by atoms with Crippen LogP contribution in [0.3, 0.4) is 0 Å². The molecule has 0 saturated carbocycles. The highest BCUT2D eigenvalue weighted by Crippen LogP contribution is 2.31. The zero-order chi connectivity index (χ0) is 15.7. The zero-order valence-electron chi connectivity index (χ0n) is 10.9. The Kier molecular flexibility index (Phi) is 4.29. The SMILES string of the molecule is CCc1ccc(S(=O)(=O)Nc2cccc(C(F)(F)F)c2)s1. The lowest BCUT2D eigenvalue weighted by molar-refractivity contribution is -0.137. The van der Waals surface area contributed by atoms with Crippen LogP contribution in [0.5, 0.6) is 0 Å². The fourth-order valence-electron chi connectivity index (χ4n) is 1.66. The van der Waals surface area contributed by atoms with Gasteiger partial charge in [0.2, 0.25) is 0 Å². The Morgan fingerprint density at radius 2 is 1.90 bits per heavy atom. The molecule has 0 atom stereocenters. The molecule has 1 N–H and O–H groups in total. The molecule has 1 aromatic carbocycles. The monoisotopic (exact) mass is 335 g/mol. The van der Waals surface area contributed by atoms with Gasteiger partial charge >= 0.3 is 6.18 Å². The minimum Gasteiger partial charge on any atom is -0.279 e. The van der Waals surface area contributed by atoms with Crippen molar-refractivity contribution in [2.75, 3.05) is 4.72 Å².